The molecule has 0 amide bonds. The molecule has 3 atom stereocenters. The Labute approximate surface area is 108 Å². The number of aromatic nitrogens is 2. The highest BCUT2D eigenvalue weighted by molar-refractivity contribution is 9.10. The maximum absolute atomic E-state index is 10.7. The number of halogens is 1. The number of hydrogen-bond acceptors (Lipinski definition) is 3. The second-order valence-electron chi connectivity index (χ2n) is 4.96. The van der Waals surface area contributed by atoms with Gasteiger partial charge in [0, 0.05) is 0 Å². The number of nitro groups is 1. The Bertz CT molecular complexity index is 432. The van der Waals surface area contributed by atoms with Crippen LogP contribution in [-0.2, 0) is 0 Å². The van der Waals surface area contributed by atoms with Gasteiger partial charge in [-0.25, -0.2) is 0 Å². The Morgan fingerprint density at radius 2 is 2.18 bits per heavy atom. The van der Waals surface area contributed by atoms with Crippen molar-refractivity contribution < 1.29 is 4.92 Å². The summed E-state index contributed by atoms with van der Waals surface area (Å²) in [5.41, 5.74) is 0. The van der Waals surface area contributed by atoms with Gasteiger partial charge in [-0.05, 0) is 52.0 Å². The molecule has 2 rings (SSSR count). The highest BCUT2D eigenvalue weighted by atomic mass is 79.9. The Balaban J connectivity index is 2.18. The molecule has 0 aliphatic heterocycles. The molecular formula is C11H16BrN3O2. The number of hydrogen-bond donors (Lipinski definition) is 0. The van der Waals surface area contributed by atoms with Crippen LogP contribution >= 0.6 is 15.9 Å². The van der Waals surface area contributed by atoms with Crippen molar-refractivity contribution in [3.8, 4) is 0 Å². The van der Waals surface area contributed by atoms with Crippen LogP contribution in [0, 0.1) is 22.0 Å². The van der Waals surface area contributed by atoms with E-state index >= 15 is 0 Å². The topological polar surface area (TPSA) is 61.0 Å². The van der Waals surface area contributed by atoms with Crippen molar-refractivity contribution in [2.45, 2.75) is 39.2 Å². The molecule has 0 bridgehead atoms. The van der Waals surface area contributed by atoms with Crippen molar-refractivity contribution in [1.82, 2.24) is 9.78 Å². The monoisotopic (exact) mass is 301 g/mol. The van der Waals surface area contributed by atoms with Gasteiger partial charge >= 0.3 is 5.82 Å². The van der Waals surface area contributed by atoms with Crippen molar-refractivity contribution in [2.75, 3.05) is 0 Å². The third kappa shape index (κ3) is 2.51. The average Bonchev–Trinajstić information content (AvgIpc) is 2.64. The second-order valence-corrected chi connectivity index (χ2v) is 5.81. The molecule has 1 heterocycles. The molecule has 94 valence electrons. The van der Waals surface area contributed by atoms with Gasteiger partial charge in [0.25, 0.3) is 0 Å². The van der Waals surface area contributed by atoms with E-state index in [4.69, 9.17) is 0 Å². The van der Waals surface area contributed by atoms with Crippen LogP contribution in [0.4, 0.5) is 5.82 Å². The van der Waals surface area contributed by atoms with Gasteiger partial charge in [0.1, 0.15) is 4.47 Å². The zero-order valence-electron chi connectivity index (χ0n) is 9.97. The molecular weight excluding hydrogens is 286 g/mol. The minimum atomic E-state index is -0.449. The minimum Gasteiger partial charge on any atom is -0.358 e. The van der Waals surface area contributed by atoms with E-state index in [0.29, 0.717) is 16.4 Å². The standard InChI is InChI=1S/C11H16BrN3O2/c1-7-3-4-9(5-8(7)2)14-6-10(12)11(13-14)15(16)17/h6-9H,3-5H2,1-2H3. The van der Waals surface area contributed by atoms with Gasteiger partial charge in [-0.3, -0.25) is 0 Å². The van der Waals surface area contributed by atoms with E-state index in [0.717, 1.165) is 25.2 Å². The molecule has 1 fully saturated rings. The smallest absolute Gasteiger partial charge is 0.358 e. The summed E-state index contributed by atoms with van der Waals surface area (Å²) in [6.07, 6.45) is 4.99. The third-order valence-electron chi connectivity index (χ3n) is 3.79. The fourth-order valence-corrected chi connectivity index (χ4v) is 2.86. The quantitative estimate of drug-likeness (QED) is 0.620. The van der Waals surface area contributed by atoms with Crippen LogP contribution in [-0.4, -0.2) is 14.7 Å². The van der Waals surface area contributed by atoms with Crippen LogP contribution in [0.2, 0.25) is 0 Å². The maximum Gasteiger partial charge on any atom is 0.404 e. The Morgan fingerprint density at radius 3 is 2.71 bits per heavy atom. The zero-order valence-corrected chi connectivity index (χ0v) is 11.6. The van der Waals surface area contributed by atoms with Gasteiger partial charge in [0.15, 0.2) is 0 Å². The first kappa shape index (κ1) is 12.5. The van der Waals surface area contributed by atoms with Crippen LogP contribution in [0.3, 0.4) is 0 Å². The molecule has 5 nitrogen and oxygen atoms in total. The molecule has 1 aliphatic rings. The Kier molecular flexibility index (Phi) is 3.51. The van der Waals surface area contributed by atoms with Gasteiger partial charge in [0.2, 0.25) is 0 Å². The van der Waals surface area contributed by atoms with Crippen LogP contribution in [0.15, 0.2) is 10.7 Å². The van der Waals surface area contributed by atoms with E-state index in [-0.39, 0.29) is 5.82 Å². The predicted octanol–water partition coefficient (Wildman–Crippen LogP) is 3.55. The first-order valence-corrected chi connectivity index (χ1v) is 6.67. The van der Waals surface area contributed by atoms with Gasteiger partial charge < -0.3 is 10.1 Å². The van der Waals surface area contributed by atoms with E-state index in [9.17, 15) is 10.1 Å². The lowest BCUT2D eigenvalue weighted by Crippen LogP contribution is -2.23. The lowest BCUT2D eigenvalue weighted by molar-refractivity contribution is -0.390. The minimum absolute atomic E-state index is 0.0868. The molecule has 0 saturated heterocycles. The van der Waals surface area contributed by atoms with Gasteiger partial charge in [0.05, 0.1) is 17.3 Å². The lowest BCUT2D eigenvalue weighted by Gasteiger charge is -2.30. The van der Waals surface area contributed by atoms with Crippen molar-refractivity contribution in [3.05, 3.63) is 20.8 Å². The number of nitrogens with zero attached hydrogens (tertiary/aromatic N) is 3. The Morgan fingerprint density at radius 1 is 1.47 bits per heavy atom. The fourth-order valence-electron chi connectivity index (χ4n) is 2.43. The van der Waals surface area contributed by atoms with Gasteiger partial charge in [-0.1, -0.05) is 13.8 Å². The molecule has 0 spiro atoms. The summed E-state index contributed by atoms with van der Waals surface area (Å²) < 4.78 is 2.22. The summed E-state index contributed by atoms with van der Waals surface area (Å²) in [5, 5.41) is 14.8. The zero-order chi connectivity index (χ0) is 12.6. The van der Waals surface area contributed by atoms with E-state index in [1.165, 1.54) is 0 Å². The van der Waals surface area contributed by atoms with Gasteiger partial charge in [-0.2, -0.15) is 4.68 Å². The van der Waals surface area contributed by atoms with Crippen molar-refractivity contribution in [3.63, 3.8) is 0 Å². The highest BCUT2D eigenvalue weighted by Crippen LogP contribution is 2.37. The lowest BCUT2D eigenvalue weighted by atomic mass is 9.79. The molecule has 1 aromatic heterocycles. The molecule has 1 aromatic rings. The summed E-state index contributed by atoms with van der Waals surface area (Å²) >= 11 is 3.19. The van der Waals surface area contributed by atoms with Crippen LogP contribution < -0.4 is 0 Å². The van der Waals surface area contributed by atoms with Crippen LogP contribution in [0.25, 0.3) is 0 Å². The molecule has 0 radical (unpaired) electrons. The SMILES string of the molecule is CC1CCC(n2cc(Br)c([N+](=O)[O-])n2)CC1C. The summed E-state index contributed by atoms with van der Waals surface area (Å²) in [5.74, 6) is 1.30. The third-order valence-corrected chi connectivity index (χ3v) is 4.35. The normalized spacial score (nSPS) is 29.2. The van der Waals surface area contributed by atoms with E-state index in [1.54, 1.807) is 10.9 Å². The van der Waals surface area contributed by atoms with Crippen molar-refractivity contribution in [1.29, 1.82) is 0 Å². The maximum atomic E-state index is 10.7. The van der Waals surface area contributed by atoms with E-state index in [2.05, 4.69) is 34.9 Å². The van der Waals surface area contributed by atoms with E-state index in [1.807, 2.05) is 0 Å². The predicted molar refractivity (Wildman–Crippen MR) is 67.8 cm³/mol. The van der Waals surface area contributed by atoms with Crippen LogP contribution in [0.1, 0.15) is 39.2 Å². The van der Waals surface area contributed by atoms with Crippen molar-refractivity contribution >= 4 is 21.7 Å². The van der Waals surface area contributed by atoms with Gasteiger partial charge in [-0.15, -0.1) is 0 Å². The summed E-state index contributed by atoms with van der Waals surface area (Å²) in [6.45, 7) is 4.51. The molecule has 0 N–H and O–H groups in total. The average molecular weight is 302 g/mol. The van der Waals surface area contributed by atoms with Crippen molar-refractivity contribution in [2.24, 2.45) is 11.8 Å². The summed E-state index contributed by atoms with van der Waals surface area (Å²) in [7, 11) is 0. The first-order valence-electron chi connectivity index (χ1n) is 5.88. The molecule has 3 unspecified atom stereocenters. The largest absolute Gasteiger partial charge is 0.404 e. The Hall–Kier alpha value is -0.910. The molecule has 6 heteroatoms. The summed E-state index contributed by atoms with van der Waals surface area (Å²) in [6, 6.07) is 0.297. The number of rotatable bonds is 2. The molecule has 17 heavy (non-hydrogen) atoms. The molecule has 1 aliphatic carbocycles. The molecule has 0 aromatic carbocycles. The summed E-state index contributed by atoms with van der Waals surface area (Å²) in [4.78, 5) is 10.3. The van der Waals surface area contributed by atoms with E-state index < -0.39 is 4.92 Å². The fraction of sp³-hybridized carbons (Fsp3) is 0.727. The second kappa shape index (κ2) is 4.76. The van der Waals surface area contributed by atoms with Crippen LogP contribution in [0.5, 0.6) is 0 Å². The molecule has 1 saturated carbocycles. The first-order chi connectivity index (χ1) is 7.99. The highest BCUT2D eigenvalue weighted by Gasteiger charge is 2.30.